The van der Waals surface area contributed by atoms with E-state index in [2.05, 4.69) is 57.9 Å². The normalized spacial score (nSPS) is 19.1. The zero-order chi connectivity index (χ0) is 19.5. The molecule has 0 amide bonds. The first-order valence-electron chi connectivity index (χ1n) is 9.39. The van der Waals surface area contributed by atoms with E-state index in [1.807, 2.05) is 18.2 Å². The average Bonchev–Trinajstić information content (AvgIpc) is 2.50. The topological polar surface area (TPSA) is 32.8 Å². The third kappa shape index (κ3) is 5.68. The van der Waals surface area contributed by atoms with E-state index in [0.29, 0.717) is 18.7 Å². The van der Waals surface area contributed by atoms with Crippen LogP contribution in [0.25, 0.3) is 0 Å². The summed E-state index contributed by atoms with van der Waals surface area (Å²) in [6.07, 6.45) is -0.186. The van der Waals surface area contributed by atoms with Crippen LogP contribution in [0.15, 0.2) is 42.5 Å². The van der Waals surface area contributed by atoms with Crippen molar-refractivity contribution >= 4 is 5.97 Å². The molecule has 1 saturated heterocycles. The largest absolute Gasteiger partial charge is 0.456 e. The second-order valence-electron chi connectivity index (χ2n) is 9.25. The van der Waals surface area contributed by atoms with Crippen molar-refractivity contribution in [2.24, 2.45) is 0 Å². The molecule has 144 valence electrons. The van der Waals surface area contributed by atoms with Crippen LogP contribution in [-0.2, 0) is 4.74 Å². The van der Waals surface area contributed by atoms with Crippen LogP contribution in [-0.4, -0.2) is 59.1 Å². The molecule has 1 aromatic rings. The Balaban J connectivity index is 2.23. The van der Waals surface area contributed by atoms with Crippen molar-refractivity contribution in [1.82, 2.24) is 9.80 Å². The summed E-state index contributed by atoms with van der Waals surface area (Å²) in [4.78, 5) is 17.3. The highest BCUT2D eigenvalue weighted by molar-refractivity contribution is 5.89. The lowest BCUT2D eigenvalue weighted by Crippen LogP contribution is -2.56. The maximum Gasteiger partial charge on any atom is 0.338 e. The molecule has 1 aliphatic rings. The third-order valence-corrected chi connectivity index (χ3v) is 4.86. The Kier molecular flexibility index (Phi) is 6.30. The summed E-state index contributed by atoms with van der Waals surface area (Å²) in [5, 5.41) is 0. The van der Waals surface area contributed by atoms with Gasteiger partial charge in [0.25, 0.3) is 0 Å². The lowest BCUT2D eigenvalue weighted by Gasteiger charge is -2.45. The summed E-state index contributed by atoms with van der Waals surface area (Å²) in [6, 6.07) is 9.23. The lowest BCUT2D eigenvalue weighted by molar-refractivity contribution is -0.0189. The SMILES string of the molecule is C=C1CN(C(C)(C)C)CC(OC(=O)c2ccccc2)CN(C(C)(C)C)C1. The maximum atomic E-state index is 12.6. The first-order chi connectivity index (χ1) is 12.0. The Morgan fingerprint density at radius 1 is 0.962 bits per heavy atom. The second-order valence-corrected chi connectivity index (χ2v) is 9.25. The van der Waals surface area contributed by atoms with E-state index in [-0.39, 0.29) is 23.2 Å². The number of carbonyl (C=O) groups is 1. The van der Waals surface area contributed by atoms with Crippen LogP contribution in [0.4, 0.5) is 0 Å². The summed E-state index contributed by atoms with van der Waals surface area (Å²) in [7, 11) is 0. The highest BCUT2D eigenvalue weighted by Crippen LogP contribution is 2.24. The molecule has 0 bridgehead atoms. The molecule has 0 atom stereocenters. The van der Waals surface area contributed by atoms with Crippen LogP contribution < -0.4 is 0 Å². The van der Waals surface area contributed by atoms with Crippen LogP contribution in [0.2, 0.25) is 0 Å². The molecule has 0 saturated carbocycles. The molecule has 1 aromatic carbocycles. The zero-order valence-corrected chi connectivity index (χ0v) is 17.2. The van der Waals surface area contributed by atoms with Crippen molar-refractivity contribution in [3.63, 3.8) is 0 Å². The maximum absolute atomic E-state index is 12.6. The van der Waals surface area contributed by atoms with E-state index in [0.717, 1.165) is 13.1 Å². The van der Waals surface area contributed by atoms with E-state index in [1.165, 1.54) is 5.57 Å². The Labute approximate surface area is 158 Å². The third-order valence-electron chi connectivity index (χ3n) is 4.86. The fourth-order valence-electron chi connectivity index (χ4n) is 3.16. The molecule has 1 aliphatic heterocycles. The molecular weight excluding hydrogens is 324 g/mol. The molecule has 2 rings (SSSR count). The van der Waals surface area contributed by atoms with Gasteiger partial charge >= 0.3 is 5.97 Å². The quantitative estimate of drug-likeness (QED) is 0.591. The van der Waals surface area contributed by atoms with E-state index in [4.69, 9.17) is 4.74 Å². The first-order valence-corrected chi connectivity index (χ1v) is 9.39. The molecule has 4 heteroatoms. The Hall–Kier alpha value is -1.65. The van der Waals surface area contributed by atoms with E-state index in [9.17, 15) is 4.79 Å². The van der Waals surface area contributed by atoms with Crippen molar-refractivity contribution in [1.29, 1.82) is 0 Å². The molecule has 0 spiro atoms. The number of ether oxygens (including phenoxy) is 1. The van der Waals surface area contributed by atoms with Crippen LogP contribution in [0.3, 0.4) is 0 Å². The highest BCUT2D eigenvalue weighted by atomic mass is 16.5. The number of nitrogens with zero attached hydrogens (tertiary/aromatic N) is 2. The molecule has 0 radical (unpaired) electrons. The molecule has 0 N–H and O–H groups in total. The van der Waals surface area contributed by atoms with Crippen molar-refractivity contribution < 1.29 is 9.53 Å². The van der Waals surface area contributed by atoms with Gasteiger partial charge in [-0.3, -0.25) is 9.80 Å². The first kappa shape index (κ1) is 20.7. The van der Waals surface area contributed by atoms with Gasteiger partial charge in [-0.15, -0.1) is 0 Å². The molecule has 4 nitrogen and oxygen atoms in total. The number of hydrogen-bond donors (Lipinski definition) is 0. The Morgan fingerprint density at radius 2 is 1.42 bits per heavy atom. The monoisotopic (exact) mass is 358 g/mol. The zero-order valence-electron chi connectivity index (χ0n) is 17.2. The molecule has 0 aliphatic carbocycles. The van der Waals surface area contributed by atoms with Gasteiger partial charge in [-0.25, -0.2) is 4.79 Å². The van der Waals surface area contributed by atoms with Crippen molar-refractivity contribution in [2.75, 3.05) is 26.2 Å². The predicted molar refractivity (Wildman–Crippen MR) is 107 cm³/mol. The number of carbonyl (C=O) groups excluding carboxylic acids is 1. The van der Waals surface area contributed by atoms with Gasteiger partial charge in [-0.1, -0.05) is 24.8 Å². The molecule has 1 fully saturated rings. The summed E-state index contributed by atoms with van der Waals surface area (Å²) < 4.78 is 5.95. The Morgan fingerprint density at radius 3 is 1.85 bits per heavy atom. The predicted octanol–water partition coefficient (Wildman–Crippen LogP) is 3.98. The van der Waals surface area contributed by atoms with Gasteiger partial charge in [-0.05, 0) is 59.2 Å². The van der Waals surface area contributed by atoms with Gasteiger partial charge in [0.2, 0.25) is 0 Å². The van der Waals surface area contributed by atoms with Gasteiger partial charge in [-0.2, -0.15) is 0 Å². The van der Waals surface area contributed by atoms with Gasteiger partial charge in [0.15, 0.2) is 0 Å². The van der Waals surface area contributed by atoms with E-state index >= 15 is 0 Å². The summed E-state index contributed by atoms with van der Waals surface area (Å²) in [5.74, 6) is -0.252. The molecule has 1 heterocycles. The minimum Gasteiger partial charge on any atom is -0.456 e. The van der Waals surface area contributed by atoms with Crippen LogP contribution in [0.5, 0.6) is 0 Å². The van der Waals surface area contributed by atoms with Crippen LogP contribution in [0, 0.1) is 0 Å². The smallest absolute Gasteiger partial charge is 0.338 e. The minimum atomic E-state index is -0.252. The Bertz CT molecular complexity index is 598. The van der Waals surface area contributed by atoms with Gasteiger partial charge in [0, 0.05) is 37.3 Å². The molecular formula is C22H34N2O2. The molecule has 0 aromatic heterocycles. The van der Waals surface area contributed by atoms with Gasteiger partial charge in [0.05, 0.1) is 5.56 Å². The van der Waals surface area contributed by atoms with Crippen LogP contribution in [0.1, 0.15) is 51.9 Å². The highest BCUT2D eigenvalue weighted by Gasteiger charge is 2.34. The van der Waals surface area contributed by atoms with Crippen molar-refractivity contribution in [3.8, 4) is 0 Å². The standard InChI is InChI=1S/C22H34N2O2/c1-17-13-23(21(2,3)4)15-19(16-24(14-17)22(5,6)7)26-20(25)18-11-9-8-10-12-18/h8-12,19H,1,13-16H2,2-7H3. The van der Waals surface area contributed by atoms with Crippen LogP contribution >= 0.6 is 0 Å². The second kappa shape index (κ2) is 7.93. The number of rotatable bonds is 2. The fraction of sp³-hybridized carbons (Fsp3) is 0.591. The fourth-order valence-corrected chi connectivity index (χ4v) is 3.16. The average molecular weight is 359 g/mol. The summed E-state index contributed by atoms with van der Waals surface area (Å²) in [5.41, 5.74) is 1.78. The lowest BCUT2D eigenvalue weighted by atomic mass is 9.99. The number of hydrogen-bond acceptors (Lipinski definition) is 4. The van der Waals surface area contributed by atoms with Crippen molar-refractivity contribution in [2.45, 2.75) is 58.7 Å². The number of esters is 1. The van der Waals surface area contributed by atoms with E-state index in [1.54, 1.807) is 12.1 Å². The molecule has 0 unspecified atom stereocenters. The number of benzene rings is 1. The summed E-state index contributed by atoms with van der Waals surface area (Å²) in [6.45, 7) is 20.5. The van der Waals surface area contributed by atoms with Gasteiger partial charge < -0.3 is 4.74 Å². The minimum absolute atomic E-state index is 0.00968. The molecule has 26 heavy (non-hydrogen) atoms. The van der Waals surface area contributed by atoms with Gasteiger partial charge in [0.1, 0.15) is 6.10 Å². The van der Waals surface area contributed by atoms with E-state index < -0.39 is 0 Å². The summed E-state index contributed by atoms with van der Waals surface area (Å²) >= 11 is 0. The van der Waals surface area contributed by atoms with Crippen molar-refractivity contribution in [3.05, 3.63) is 48.0 Å².